The summed E-state index contributed by atoms with van der Waals surface area (Å²) in [5.74, 6) is -0.139. The minimum absolute atomic E-state index is 0.139. The Morgan fingerprint density at radius 2 is 2.15 bits per heavy atom. The largest absolute Gasteiger partial charge is 0.313 e. The normalized spacial score (nSPS) is 12.9. The Morgan fingerprint density at radius 3 is 2.69 bits per heavy atom. The third-order valence-electron chi connectivity index (χ3n) is 2.11. The molecule has 0 aliphatic rings. The third kappa shape index (κ3) is 2.45. The van der Waals surface area contributed by atoms with Gasteiger partial charge in [-0.25, -0.2) is 4.39 Å². The number of nitrogens with one attached hydrogen (secondary N) is 1. The maximum absolute atomic E-state index is 13.1. The van der Waals surface area contributed by atoms with Gasteiger partial charge in [0.15, 0.2) is 0 Å². The van der Waals surface area contributed by atoms with Crippen LogP contribution in [0, 0.1) is 5.82 Å². The van der Waals surface area contributed by atoms with E-state index in [2.05, 4.69) is 12.2 Å². The van der Waals surface area contributed by atoms with E-state index >= 15 is 0 Å². The van der Waals surface area contributed by atoms with Crippen LogP contribution in [0.3, 0.4) is 0 Å². The SMILES string of the molecule is CNC(C)c1ccc(F)c(SC)c1. The molecule has 0 radical (unpaired) electrons. The fourth-order valence-corrected chi connectivity index (χ4v) is 1.63. The van der Waals surface area contributed by atoms with E-state index in [4.69, 9.17) is 0 Å². The Hall–Kier alpha value is -0.540. The highest BCUT2D eigenvalue weighted by atomic mass is 32.2. The number of halogens is 1. The zero-order valence-electron chi connectivity index (χ0n) is 8.10. The molecule has 1 unspecified atom stereocenters. The van der Waals surface area contributed by atoms with E-state index in [0.29, 0.717) is 4.90 Å². The van der Waals surface area contributed by atoms with Gasteiger partial charge in [-0.15, -0.1) is 11.8 Å². The first-order chi connectivity index (χ1) is 6.19. The van der Waals surface area contributed by atoms with Gasteiger partial charge in [-0.3, -0.25) is 0 Å². The van der Waals surface area contributed by atoms with E-state index in [9.17, 15) is 4.39 Å². The molecular weight excluding hydrogens is 185 g/mol. The maximum atomic E-state index is 13.1. The molecule has 13 heavy (non-hydrogen) atoms. The summed E-state index contributed by atoms with van der Waals surface area (Å²) < 4.78 is 13.1. The molecule has 0 aliphatic heterocycles. The topological polar surface area (TPSA) is 12.0 Å². The molecule has 1 rings (SSSR count). The zero-order valence-corrected chi connectivity index (χ0v) is 8.91. The van der Waals surface area contributed by atoms with Crippen molar-refractivity contribution in [3.8, 4) is 0 Å². The van der Waals surface area contributed by atoms with Gasteiger partial charge in [0, 0.05) is 10.9 Å². The molecule has 1 nitrogen and oxygen atoms in total. The smallest absolute Gasteiger partial charge is 0.136 e. The Kier molecular flexibility index (Phi) is 3.75. The van der Waals surface area contributed by atoms with E-state index in [0.717, 1.165) is 5.56 Å². The lowest BCUT2D eigenvalue weighted by Gasteiger charge is -2.11. The summed E-state index contributed by atoms with van der Waals surface area (Å²) in [7, 11) is 1.90. The van der Waals surface area contributed by atoms with E-state index in [1.54, 1.807) is 0 Å². The number of benzene rings is 1. The maximum Gasteiger partial charge on any atom is 0.136 e. The highest BCUT2D eigenvalue weighted by Crippen LogP contribution is 2.23. The summed E-state index contributed by atoms with van der Waals surface area (Å²) >= 11 is 1.43. The molecule has 0 saturated carbocycles. The van der Waals surface area contributed by atoms with Gasteiger partial charge in [0.2, 0.25) is 0 Å². The number of thioether (sulfide) groups is 1. The Labute approximate surface area is 82.7 Å². The van der Waals surface area contributed by atoms with Crippen LogP contribution in [-0.2, 0) is 0 Å². The Morgan fingerprint density at radius 1 is 1.46 bits per heavy atom. The lowest BCUT2D eigenvalue weighted by atomic mass is 10.1. The average Bonchev–Trinajstić information content (AvgIpc) is 2.17. The summed E-state index contributed by atoms with van der Waals surface area (Å²) in [6, 6.07) is 5.50. The van der Waals surface area contributed by atoms with Gasteiger partial charge in [0.1, 0.15) is 5.82 Å². The lowest BCUT2D eigenvalue weighted by molar-refractivity contribution is 0.594. The van der Waals surface area contributed by atoms with Crippen LogP contribution in [0.1, 0.15) is 18.5 Å². The minimum atomic E-state index is -0.139. The van der Waals surface area contributed by atoms with Gasteiger partial charge in [-0.1, -0.05) is 6.07 Å². The molecule has 0 saturated heterocycles. The molecule has 1 aromatic carbocycles. The van der Waals surface area contributed by atoms with Crippen LogP contribution in [0.5, 0.6) is 0 Å². The van der Waals surface area contributed by atoms with Crippen LogP contribution in [-0.4, -0.2) is 13.3 Å². The summed E-state index contributed by atoms with van der Waals surface area (Å²) in [5, 5.41) is 3.12. The highest BCUT2D eigenvalue weighted by molar-refractivity contribution is 7.98. The van der Waals surface area contributed by atoms with Gasteiger partial charge < -0.3 is 5.32 Å². The second kappa shape index (κ2) is 4.63. The first kappa shape index (κ1) is 10.5. The summed E-state index contributed by atoms with van der Waals surface area (Å²) in [5.41, 5.74) is 1.12. The van der Waals surface area contributed by atoms with Gasteiger partial charge >= 0.3 is 0 Å². The second-order valence-electron chi connectivity index (χ2n) is 2.90. The lowest BCUT2D eigenvalue weighted by Crippen LogP contribution is -2.12. The van der Waals surface area contributed by atoms with Crippen molar-refractivity contribution in [2.24, 2.45) is 0 Å². The van der Waals surface area contributed by atoms with E-state index < -0.39 is 0 Å². The van der Waals surface area contributed by atoms with Crippen LogP contribution >= 0.6 is 11.8 Å². The van der Waals surface area contributed by atoms with Gasteiger partial charge in [-0.05, 0) is 37.9 Å². The van der Waals surface area contributed by atoms with Crippen molar-refractivity contribution < 1.29 is 4.39 Å². The molecule has 0 spiro atoms. The molecule has 0 heterocycles. The van der Waals surface area contributed by atoms with Crippen molar-refractivity contribution in [2.75, 3.05) is 13.3 Å². The second-order valence-corrected chi connectivity index (χ2v) is 3.75. The van der Waals surface area contributed by atoms with Gasteiger partial charge in [-0.2, -0.15) is 0 Å². The predicted octanol–water partition coefficient (Wildman–Crippen LogP) is 2.83. The van der Waals surface area contributed by atoms with Crippen molar-refractivity contribution >= 4 is 11.8 Å². The molecule has 3 heteroatoms. The standard InChI is InChI=1S/C10H14FNS/c1-7(12-2)8-4-5-9(11)10(6-8)13-3/h4-7,12H,1-3H3. The molecule has 0 fully saturated rings. The highest BCUT2D eigenvalue weighted by Gasteiger charge is 2.06. The molecule has 1 aromatic rings. The fourth-order valence-electron chi connectivity index (χ4n) is 1.11. The van der Waals surface area contributed by atoms with Gasteiger partial charge in [0.25, 0.3) is 0 Å². The summed E-state index contributed by atoms with van der Waals surface area (Å²) in [4.78, 5) is 0.708. The first-order valence-electron chi connectivity index (χ1n) is 4.19. The summed E-state index contributed by atoms with van der Waals surface area (Å²) in [6.07, 6.45) is 1.88. The molecule has 0 aliphatic carbocycles. The monoisotopic (exact) mass is 199 g/mol. The molecular formula is C10H14FNS. The van der Waals surface area contributed by atoms with E-state index in [-0.39, 0.29) is 11.9 Å². The molecule has 1 N–H and O–H groups in total. The van der Waals surface area contributed by atoms with Crippen molar-refractivity contribution in [3.63, 3.8) is 0 Å². The van der Waals surface area contributed by atoms with Crippen molar-refractivity contribution in [1.82, 2.24) is 5.32 Å². The van der Waals surface area contributed by atoms with Crippen LogP contribution in [0.4, 0.5) is 4.39 Å². The molecule has 72 valence electrons. The number of hydrogen-bond acceptors (Lipinski definition) is 2. The van der Waals surface area contributed by atoms with Gasteiger partial charge in [0.05, 0.1) is 0 Å². The molecule has 1 atom stereocenters. The average molecular weight is 199 g/mol. The van der Waals surface area contributed by atoms with Crippen LogP contribution < -0.4 is 5.32 Å². The van der Waals surface area contributed by atoms with Crippen molar-refractivity contribution in [3.05, 3.63) is 29.6 Å². The number of hydrogen-bond donors (Lipinski definition) is 1. The first-order valence-corrected chi connectivity index (χ1v) is 5.42. The summed E-state index contributed by atoms with van der Waals surface area (Å²) in [6.45, 7) is 2.05. The predicted molar refractivity (Wildman–Crippen MR) is 55.7 cm³/mol. The van der Waals surface area contributed by atoms with Crippen LogP contribution in [0.25, 0.3) is 0 Å². The molecule has 0 aromatic heterocycles. The Balaban J connectivity index is 2.99. The Bertz CT molecular complexity index is 288. The zero-order chi connectivity index (χ0) is 9.84. The van der Waals surface area contributed by atoms with E-state index in [1.807, 2.05) is 25.4 Å². The van der Waals surface area contributed by atoms with Crippen molar-refractivity contribution in [2.45, 2.75) is 17.9 Å². The minimum Gasteiger partial charge on any atom is -0.313 e. The third-order valence-corrected chi connectivity index (χ3v) is 2.86. The quantitative estimate of drug-likeness (QED) is 0.751. The molecule has 0 bridgehead atoms. The molecule has 0 amide bonds. The van der Waals surface area contributed by atoms with E-state index in [1.165, 1.54) is 17.8 Å². The number of rotatable bonds is 3. The fraction of sp³-hybridized carbons (Fsp3) is 0.400. The van der Waals surface area contributed by atoms with Crippen LogP contribution in [0.15, 0.2) is 23.1 Å². The van der Waals surface area contributed by atoms with Crippen molar-refractivity contribution in [1.29, 1.82) is 0 Å². The van der Waals surface area contributed by atoms with Crippen LogP contribution in [0.2, 0.25) is 0 Å².